The lowest BCUT2D eigenvalue weighted by molar-refractivity contribution is -0.138. The maximum absolute atomic E-state index is 12.7. The number of ether oxygens (including phenoxy) is 1. The Balaban J connectivity index is 3.52. The van der Waals surface area contributed by atoms with Gasteiger partial charge in [0.1, 0.15) is 5.75 Å². The Morgan fingerprint density at radius 1 is 1.44 bits per heavy atom. The van der Waals surface area contributed by atoms with Gasteiger partial charge in [0.25, 0.3) is 0 Å². The van der Waals surface area contributed by atoms with E-state index in [0.29, 0.717) is 0 Å². The number of halogens is 3. The second-order valence-electron chi connectivity index (χ2n) is 3.02. The number of nitriles is 1. The van der Waals surface area contributed by atoms with E-state index in [-0.39, 0.29) is 17.9 Å². The summed E-state index contributed by atoms with van der Waals surface area (Å²) in [6.07, 6.45) is -4.59. The number of alkyl halides is 3. The molecule has 0 amide bonds. The van der Waals surface area contributed by atoms with Gasteiger partial charge in [0.2, 0.25) is 0 Å². The maximum Gasteiger partial charge on any atom is 0.418 e. The predicted octanol–water partition coefficient (Wildman–Crippen LogP) is 2.04. The van der Waals surface area contributed by atoms with Crippen molar-refractivity contribution >= 4 is 0 Å². The van der Waals surface area contributed by atoms with Crippen molar-refractivity contribution in [3.05, 3.63) is 28.8 Å². The Bertz CT molecular complexity index is 435. The fourth-order valence-electron chi connectivity index (χ4n) is 1.37. The second-order valence-corrected chi connectivity index (χ2v) is 3.02. The van der Waals surface area contributed by atoms with E-state index in [4.69, 9.17) is 15.7 Å². The van der Waals surface area contributed by atoms with E-state index in [1.54, 1.807) is 0 Å². The average Bonchev–Trinajstić information content (AvgIpc) is 2.25. The summed E-state index contributed by atoms with van der Waals surface area (Å²) in [6.45, 7) is -0.305. The Morgan fingerprint density at radius 3 is 2.44 bits per heavy atom. The molecule has 0 heterocycles. The average molecular weight is 230 g/mol. The van der Waals surface area contributed by atoms with Crippen LogP contribution in [0.2, 0.25) is 0 Å². The monoisotopic (exact) mass is 230 g/mol. The Kier molecular flexibility index (Phi) is 3.40. The molecule has 0 radical (unpaired) electrons. The molecule has 1 aromatic rings. The first-order valence-electron chi connectivity index (χ1n) is 4.32. The maximum atomic E-state index is 12.7. The van der Waals surface area contributed by atoms with Gasteiger partial charge in [-0.15, -0.1) is 0 Å². The minimum absolute atomic E-state index is 0.150. The van der Waals surface area contributed by atoms with E-state index in [1.807, 2.05) is 0 Å². The van der Waals surface area contributed by atoms with Crippen LogP contribution in [0, 0.1) is 11.3 Å². The highest BCUT2D eigenvalue weighted by molar-refractivity contribution is 5.49. The molecule has 0 aliphatic rings. The zero-order valence-corrected chi connectivity index (χ0v) is 8.43. The van der Waals surface area contributed by atoms with Crippen LogP contribution < -0.4 is 10.5 Å². The van der Waals surface area contributed by atoms with Gasteiger partial charge in [0.15, 0.2) is 0 Å². The lowest BCUT2D eigenvalue weighted by Gasteiger charge is -2.14. The van der Waals surface area contributed by atoms with Crippen LogP contribution in [0.4, 0.5) is 13.2 Å². The number of rotatable bonds is 2. The molecule has 0 aliphatic heterocycles. The van der Waals surface area contributed by atoms with Gasteiger partial charge < -0.3 is 10.5 Å². The van der Waals surface area contributed by atoms with E-state index in [9.17, 15) is 13.2 Å². The van der Waals surface area contributed by atoms with Crippen LogP contribution in [0.5, 0.6) is 5.75 Å². The van der Waals surface area contributed by atoms with Gasteiger partial charge in [-0.3, -0.25) is 0 Å². The fraction of sp³-hybridized carbons (Fsp3) is 0.300. The van der Waals surface area contributed by atoms with E-state index in [2.05, 4.69) is 0 Å². The van der Waals surface area contributed by atoms with Crippen molar-refractivity contribution in [2.75, 3.05) is 7.11 Å². The van der Waals surface area contributed by atoms with E-state index >= 15 is 0 Å². The van der Waals surface area contributed by atoms with Crippen LogP contribution in [0.1, 0.15) is 16.7 Å². The highest BCUT2D eigenvalue weighted by Crippen LogP contribution is 2.36. The lowest BCUT2D eigenvalue weighted by Crippen LogP contribution is -2.14. The molecule has 0 saturated heterocycles. The summed E-state index contributed by atoms with van der Waals surface area (Å²) in [4.78, 5) is 0. The lowest BCUT2D eigenvalue weighted by atomic mass is 10.0. The number of nitrogens with zero attached hydrogens (tertiary/aromatic N) is 1. The highest BCUT2D eigenvalue weighted by Gasteiger charge is 2.36. The van der Waals surface area contributed by atoms with Crippen molar-refractivity contribution in [1.29, 1.82) is 5.26 Å². The van der Waals surface area contributed by atoms with E-state index in [0.717, 1.165) is 6.07 Å². The standard InChI is InChI=1S/C10H9F3N2O/c1-16-8-2-6(4-14)9(10(11,12)13)7(3-8)5-15/h2-3H,4,14H2,1H3. The summed E-state index contributed by atoms with van der Waals surface area (Å²) in [7, 11) is 1.31. The second kappa shape index (κ2) is 4.41. The van der Waals surface area contributed by atoms with Crippen LogP contribution >= 0.6 is 0 Å². The molecule has 86 valence electrons. The summed E-state index contributed by atoms with van der Waals surface area (Å²) in [5.74, 6) is 0.185. The van der Waals surface area contributed by atoms with Gasteiger partial charge in [-0.1, -0.05) is 0 Å². The molecule has 0 spiro atoms. The third-order valence-electron chi connectivity index (χ3n) is 2.05. The largest absolute Gasteiger partial charge is 0.497 e. The van der Waals surface area contributed by atoms with Crippen LogP contribution in [-0.2, 0) is 12.7 Å². The molecule has 0 fully saturated rings. The molecule has 0 atom stereocenters. The SMILES string of the molecule is COc1cc(C#N)c(C(F)(F)F)c(CN)c1. The molecular formula is C10H9F3N2O. The minimum atomic E-state index is -4.59. The van der Waals surface area contributed by atoms with Gasteiger partial charge in [-0.05, 0) is 17.7 Å². The first-order valence-corrected chi connectivity index (χ1v) is 4.32. The molecule has 16 heavy (non-hydrogen) atoms. The van der Waals surface area contributed by atoms with Crippen molar-refractivity contribution in [3.8, 4) is 11.8 Å². The van der Waals surface area contributed by atoms with Crippen molar-refractivity contribution in [3.63, 3.8) is 0 Å². The molecule has 0 unspecified atom stereocenters. The van der Waals surface area contributed by atoms with Crippen LogP contribution in [-0.4, -0.2) is 7.11 Å². The smallest absolute Gasteiger partial charge is 0.418 e. The van der Waals surface area contributed by atoms with Crippen molar-refractivity contribution in [1.82, 2.24) is 0 Å². The Morgan fingerprint density at radius 2 is 2.06 bits per heavy atom. The first-order chi connectivity index (χ1) is 7.43. The molecule has 1 rings (SSSR count). The van der Waals surface area contributed by atoms with Gasteiger partial charge in [0, 0.05) is 6.54 Å². The van der Waals surface area contributed by atoms with Gasteiger partial charge >= 0.3 is 6.18 Å². The zero-order chi connectivity index (χ0) is 12.3. The predicted molar refractivity (Wildman–Crippen MR) is 50.6 cm³/mol. The van der Waals surface area contributed by atoms with Gasteiger partial charge in [0.05, 0.1) is 24.3 Å². The molecule has 6 heteroatoms. The minimum Gasteiger partial charge on any atom is -0.497 e. The summed E-state index contributed by atoms with van der Waals surface area (Å²) in [5.41, 5.74) is 3.61. The number of methoxy groups -OCH3 is 1. The van der Waals surface area contributed by atoms with Gasteiger partial charge in [-0.25, -0.2) is 0 Å². The normalized spacial score (nSPS) is 11.0. The summed E-state index contributed by atoms with van der Waals surface area (Å²) in [5, 5.41) is 8.68. The van der Waals surface area contributed by atoms with Gasteiger partial charge in [-0.2, -0.15) is 18.4 Å². The van der Waals surface area contributed by atoms with Crippen molar-refractivity contribution in [2.45, 2.75) is 12.7 Å². The topological polar surface area (TPSA) is 59.0 Å². The Hall–Kier alpha value is -1.74. The molecule has 0 saturated carbocycles. The molecular weight excluding hydrogens is 221 g/mol. The first kappa shape index (κ1) is 12.3. The molecule has 1 aromatic carbocycles. The summed E-state index contributed by atoms with van der Waals surface area (Å²) >= 11 is 0. The number of hydrogen-bond donors (Lipinski definition) is 1. The molecule has 0 aliphatic carbocycles. The number of hydrogen-bond acceptors (Lipinski definition) is 3. The van der Waals surface area contributed by atoms with E-state index in [1.165, 1.54) is 19.2 Å². The molecule has 0 aromatic heterocycles. The van der Waals surface area contributed by atoms with Crippen LogP contribution in [0.25, 0.3) is 0 Å². The molecule has 3 nitrogen and oxygen atoms in total. The summed E-state index contributed by atoms with van der Waals surface area (Å²) in [6, 6.07) is 3.72. The quantitative estimate of drug-likeness (QED) is 0.845. The molecule has 2 N–H and O–H groups in total. The third kappa shape index (κ3) is 2.25. The van der Waals surface area contributed by atoms with Crippen molar-refractivity contribution in [2.24, 2.45) is 5.73 Å². The highest BCUT2D eigenvalue weighted by atomic mass is 19.4. The molecule has 0 bridgehead atoms. The zero-order valence-electron chi connectivity index (χ0n) is 8.43. The van der Waals surface area contributed by atoms with E-state index < -0.39 is 17.3 Å². The summed E-state index contributed by atoms with van der Waals surface area (Å²) < 4.78 is 42.8. The van der Waals surface area contributed by atoms with Crippen molar-refractivity contribution < 1.29 is 17.9 Å². The van der Waals surface area contributed by atoms with Crippen LogP contribution in [0.15, 0.2) is 12.1 Å². The fourth-order valence-corrected chi connectivity index (χ4v) is 1.37. The Labute approximate surface area is 90.2 Å². The number of nitrogens with two attached hydrogens (primary N) is 1. The number of benzene rings is 1. The third-order valence-corrected chi connectivity index (χ3v) is 2.05. The van der Waals surface area contributed by atoms with Crippen LogP contribution in [0.3, 0.4) is 0 Å².